The number of esters is 1. The monoisotopic (exact) mass is 834 g/mol. The third-order valence-corrected chi connectivity index (χ3v) is 11.9. The maximum Gasteiger partial charge on any atom is 0.415 e. The summed E-state index contributed by atoms with van der Waals surface area (Å²) >= 11 is 12.9. The molecule has 3 aromatic carbocycles. The van der Waals surface area contributed by atoms with Crippen molar-refractivity contribution in [3.05, 3.63) is 122 Å². The number of fused-ring (bicyclic) bond motifs is 3. The number of carbonyl (C=O) groups excluding carboxylic acids is 3. The summed E-state index contributed by atoms with van der Waals surface area (Å²) in [6.45, 7) is 2.85. The summed E-state index contributed by atoms with van der Waals surface area (Å²) in [7, 11) is 3.00. The molecule has 0 spiro atoms. The first kappa shape index (κ1) is 41.1. The van der Waals surface area contributed by atoms with Gasteiger partial charge in [-0.1, -0.05) is 53.5 Å². The molecule has 4 aromatic rings. The molecule has 0 N–H and O–H groups in total. The number of ether oxygens (including phenoxy) is 4. The van der Waals surface area contributed by atoms with Crippen LogP contribution in [0.2, 0.25) is 10.0 Å². The van der Waals surface area contributed by atoms with E-state index >= 15 is 4.39 Å². The maximum atomic E-state index is 15.2. The predicted molar refractivity (Wildman–Crippen MR) is 215 cm³/mol. The Morgan fingerprint density at radius 2 is 1.66 bits per heavy atom. The Labute approximate surface area is 346 Å². The van der Waals surface area contributed by atoms with Gasteiger partial charge in [0.15, 0.2) is 23.9 Å². The van der Waals surface area contributed by atoms with E-state index < -0.39 is 35.9 Å². The van der Waals surface area contributed by atoms with Gasteiger partial charge in [-0.2, -0.15) is 4.73 Å². The number of hydrogen-bond acceptors (Lipinski definition) is 9. The van der Waals surface area contributed by atoms with Crippen LogP contribution in [-0.2, 0) is 27.2 Å². The first-order valence-electron chi connectivity index (χ1n) is 19.4. The number of methoxy groups -OCH3 is 2. The number of piperidine rings is 4. The number of para-hydroxylation sites is 1. The highest BCUT2D eigenvalue weighted by Gasteiger charge is 2.39. The van der Waals surface area contributed by atoms with Gasteiger partial charge in [0.2, 0.25) is 0 Å². The molecule has 0 saturated carbocycles. The van der Waals surface area contributed by atoms with Crippen molar-refractivity contribution in [3.8, 4) is 11.5 Å². The first-order valence-corrected chi connectivity index (χ1v) is 20.1. The van der Waals surface area contributed by atoms with Crippen molar-refractivity contribution in [3.63, 3.8) is 0 Å². The number of halogens is 3. The van der Waals surface area contributed by atoms with Gasteiger partial charge < -0.3 is 29.1 Å². The minimum absolute atomic E-state index is 0.0169. The lowest BCUT2D eigenvalue weighted by molar-refractivity contribution is -0.605. The van der Waals surface area contributed by atoms with Crippen LogP contribution in [0.4, 0.5) is 14.9 Å². The normalized spacial score (nSPS) is 20.5. The SMILES string of the molecule is COc1ccc([C@H](Cc2c(Cl)c[n+]([O-])cc2Cl)OC(=O)[C@@H]2CCCCN2C(=O)c2cccc(CN(C(=O)O[C@H]3CN4CCC3CC4)c3ccccc3F)c2)cc1OC. The van der Waals surface area contributed by atoms with Gasteiger partial charge >= 0.3 is 12.1 Å². The van der Waals surface area contributed by atoms with Gasteiger partial charge in [0.25, 0.3) is 5.91 Å². The van der Waals surface area contributed by atoms with Crippen LogP contribution in [0.25, 0.3) is 0 Å². The van der Waals surface area contributed by atoms with E-state index in [1.807, 2.05) is 0 Å². The van der Waals surface area contributed by atoms with E-state index in [-0.39, 0.29) is 40.7 Å². The number of aromatic nitrogens is 1. The van der Waals surface area contributed by atoms with E-state index in [2.05, 4.69) is 4.90 Å². The Hall–Kier alpha value is -5.11. The highest BCUT2D eigenvalue weighted by molar-refractivity contribution is 6.35. The lowest BCUT2D eigenvalue weighted by Crippen LogP contribution is -2.53. The number of rotatable bonds is 12. The van der Waals surface area contributed by atoms with Crippen LogP contribution in [0.3, 0.4) is 0 Å². The minimum Gasteiger partial charge on any atom is -0.619 e. The second-order valence-corrected chi connectivity index (χ2v) is 15.7. The smallest absolute Gasteiger partial charge is 0.415 e. The van der Waals surface area contributed by atoms with Crippen molar-refractivity contribution < 1.29 is 42.5 Å². The Bertz CT molecular complexity index is 2130. The van der Waals surface area contributed by atoms with Gasteiger partial charge in [0.05, 0.1) is 26.5 Å². The fraction of sp³-hybridized carbons (Fsp3) is 0.395. The second kappa shape index (κ2) is 18.2. The average Bonchev–Trinajstić information content (AvgIpc) is 3.23. The van der Waals surface area contributed by atoms with Gasteiger partial charge in [-0.05, 0) is 98.6 Å². The molecule has 12 nitrogen and oxygen atoms in total. The Morgan fingerprint density at radius 3 is 2.34 bits per heavy atom. The van der Waals surface area contributed by atoms with Crippen molar-refractivity contribution in [1.82, 2.24) is 9.80 Å². The van der Waals surface area contributed by atoms with Crippen molar-refractivity contribution >= 4 is 46.9 Å². The van der Waals surface area contributed by atoms with E-state index in [9.17, 15) is 19.6 Å². The number of nitrogens with zero attached hydrogens (tertiary/aromatic N) is 4. The largest absolute Gasteiger partial charge is 0.619 e. The molecule has 15 heteroatoms. The second-order valence-electron chi connectivity index (χ2n) is 14.8. The molecular formula is C43H45Cl2FN4O8. The number of amides is 2. The molecular weight excluding hydrogens is 790 g/mol. The predicted octanol–water partition coefficient (Wildman–Crippen LogP) is 7.54. The number of benzene rings is 3. The summed E-state index contributed by atoms with van der Waals surface area (Å²) in [5.74, 6) is -0.476. The summed E-state index contributed by atoms with van der Waals surface area (Å²) in [5.41, 5.74) is 1.87. The molecule has 2 amide bonds. The molecule has 3 atom stereocenters. The average molecular weight is 836 g/mol. The van der Waals surface area contributed by atoms with Crippen molar-refractivity contribution in [2.75, 3.05) is 45.3 Å². The Balaban J connectivity index is 1.12. The topological polar surface area (TPSA) is 125 Å². The molecule has 4 fully saturated rings. The molecule has 1 aromatic heterocycles. The molecule has 306 valence electrons. The Morgan fingerprint density at radius 1 is 0.914 bits per heavy atom. The van der Waals surface area contributed by atoms with Gasteiger partial charge in [0, 0.05) is 30.6 Å². The first-order chi connectivity index (χ1) is 28.0. The molecule has 58 heavy (non-hydrogen) atoms. The number of anilines is 1. The molecule has 8 rings (SSSR count). The highest BCUT2D eigenvalue weighted by atomic mass is 35.5. The van der Waals surface area contributed by atoms with E-state index in [0.717, 1.165) is 25.9 Å². The van der Waals surface area contributed by atoms with Crippen LogP contribution in [-0.4, -0.2) is 80.3 Å². The fourth-order valence-electron chi connectivity index (χ4n) is 8.14. The molecule has 0 aliphatic carbocycles. The molecule has 0 unspecified atom stereocenters. The summed E-state index contributed by atoms with van der Waals surface area (Å²) < 4.78 is 38.9. The van der Waals surface area contributed by atoms with E-state index in [1.165, 1.54) is 48.5 Å². The summed E-state index contributed by atoms with van der Waals surface area (Å²) in [6, 6.07) is 17.0. The van der Waals surface area contributed by atoms with Crippen molar-refractivity contribution in [2.45, 2.75) is 63.3 Å². The number of hydrogen-bond donors (Lipinski definition) is 0. The minimum atomic E-state index is -0.947. The zero-order valence-electron chi connectivity index (χ0n) is 32.3. The third kappa shape index (κ3) is 9.11. The Kier molecular flexibility index (Phi) is 12.9. The number of carbonyl (C=O) groups is 3. The summed E-state index contributed by atoms with van der Waals surface area (Å²) in [5, 5.41) is 12.2. The van der Waals surface area contributed by atoms with Gasteiger partial charge in [-0.15, -0.1) is 0 Å². The molecule has 4 saturated heterocycles. The zero-order valence-corrected chi connectivity index (χ0v) is 33.8. The van der Waals surface area contributed by atoms with Crippen LogP contribution < -0.4 is 19.1 Å². The number of likely N-dealkylation sites (tertiary alicyclic amines) is 1. The highest BCUT2D eigenvalue weighted by Crippen LogP contribution is 2.36. The third-order valence-electron chi connectivity index (χ3n) is 11.2. The maximum absolute atomic E-state index is 15.2. The van der Waals surface area contributed by atoms with Crippen molar-refractivity contribution in [1.29, 1.82) is 0 Å². The van der Waals surface area contributed by atoms with E-state index in [0.29, 0.717) is 70.8 Å². The van der Waals surface area contributed by atoms with E-state index in [1.54, 1.807) is 54.6 Å². The quantitative estimate of drug-likeness (QED) is 0.0809. The van der Waals surface area contributed by atoms with Gasteiger partial charge in [0.1, 0.15) is 34.1 Å². The molecule has 4 aliphatic rings. The standard InChI is InChI=1S/C43H45Cl2FN4O8/c1-55-37-14-13-29(21-39(37)56-2)38(22-31-32(44)24-48(54)25-33(31)45)57-42(52)36-12-5-6-17-49(36)41(51)30-9-7-8-27(20-30)23-50(35-11-4-3-10-34(35)46)43(53)58-40-26-47-18-15-28(40)16-19-47/h3-4,7-11,13-14,20-21,24-25,28,36,38,40H,5-6,12,15-19,22-23,26H2,1-2H3/t36-,38-,40-/m0/s1. The molecule has 5 heterocycles. The lowest BCUT2D eigenvalue weighted by atomic mass is 9.86. The van der Waals surface area contributed by atoms with Crippen molar-refractivity contribution in [2.24, 2.45) is 5.92 Å². The summed E-state index contributed by atoms with van der Waals surface area (Å²) in [4.78, 5) is 47.4. The summed E-state index contributed by atoms with van der Waals surface area (Å²) in [6.07, 6.45) is 4.07. The molecule has 2 bridgehead atoms. The molecule has 0 radical (unpaired) electrons. The van der Waals surface area contributed by atoms with Gasteiger partial charge in [-0.25, -0.2) is 14.0 Å². The van der Waals surface area contributed by atoms with Crippen LogP contribution in [0.15, 0.2) is 79.1 Å². The molecule has 4 aliphatic heterocycles. The van der Waals surface area contributed by atoms with Crippen LogP contribution in [0, 0.1) is 16.9 Å². The zero-order chi connectivity index (χ0) is 40.9. The van der Waals surface area contributed by atoms with Crippen LogP contribution in [0.5, 0.6) is 11.5 Å². The number of pyridine rings is 1. The van der Waals surface area contributed by atoms with E-state index in [4.69, 9.17) is 42.1 Å². The van der Waals surface area contributed by atoms with Crippen LogP contribution >= 0.6 is 23.2 Å². The fourth-order valence-corrected chi connectivity index (χ4v) is 8.74. The van der Waals surface area contributed by atoms with Crippen LogP contribution in [0.1, 0.15) is 65.3 Å². The van der Waals surface area contributed by atoms with Gasteiger partial charge in [-0.3, -0.25) is 14.6 Å². The lowest BCUT2D eigenvalue weighted by Gasteiger charge is -2.44.